The van der Waals surface area contributed by atoms with Gasteiger partial charge >= 0.3 is 6.18 Å². The van der Waals surface area contributed by atoms with E-state index in [4.69, 9.17) is 16.0 Å². The van der Waals surface area contributed by atoms with Crippen LogP contribution in [-0.4, -0.2) is 11.8 Å². The predicted octanol–water partition coefficient (Wildman–Crippen LogP) is 5.83. The second-order valence-corrected chi connectivity index (χ2v) is 6.48. The fourth-order valence-electron chi connectivity index (χ4n) is 2.54. The number of alkyl halides is 3. The monoisotopic (exact) mass is 422 g/mol. The van der Waals surface area contributed by atoms with E-state index < -0.39 is 22.7 Å². The molecular formula is C20H14ClF3N2O3. The third kappa shape index (κ3) is 4.97. The molecule has 0 bridgehead atoms. The van der Waals surface area contributed by atoms with Crippen molar-refractivity contribution in [3.63, 3.8) is 0 Å². The number of amides is 2. The van der Waals surface area contributed by atoms with Gasteiger partial charge in [-0.1, -0.05) is 11.6 Å². The quantitative estimate of drug-likeness (QED) is 0.555. The zero-order valence-corrected chi connectivity index (χ0v) is 15.7. The standard InChI is InChI=1S/C20H14ClF3N2O3/c1-11(27)25-13-3-5-14(6-4-13)26-19(28)18-9-8-17(29-18)12-2-7-16(21)15(10-12)20(22,23)24/h2-10H,1H3,(H,25,27)(H,26,28). The molecule has 0 saturated heterocycles. The molecule has 2 N–H and O–H groups in total. The van der Waals surface area contributed by atoms with Crippen molar-refractivity contribution in [3.8, 4) is 11.3 Å². The molecule has 9 heteroatoms. The van der Waals surface area contributed by atoms with Crippen LogP contribution in [0.4, 0.5) is 24.5 Å². The van der Waals surface area contributed by atoms with Gasteiger partial charge in [-0.25, -0.2) is 0 Å². The minimum atomic E-state index is -4.61. The van der Waals surface area contributed by atoms with Crippen LogP contribution in [0.2, 0.25) is 5.02 Å². The fraction of sp³-hybridized carbons (Fsp3) is 0.100. The van der Waals surface area contributed by atoms with Crippen LogP contribution in [0.3, 0.4) is 0 Å². The zero-order valence-electron chi connectivity index (χ0n) is 14.9. The Morgan fingerprint density at radius 2 is 1.55 bits per heavy atom. The lowest BCUT2D eigenvalue weighted by Crippen LogP contribution is -2.11. The Labute approximate surface area is 168 Å². The van der Waals surface area contributed by atoms with Crippen LogP contribution in [-0.2, 0) is 11.0 Å². The van der Waals surface area contributed by atoms with Crippen LogP contribution in [0.25, 0.3) is 11.3 Å². The topological polar surface area (TPSA) is 71.3 Å². The number of rotatable bonds is 4. The molecule has 0 atom stereocenters. The summed E-state index contributed by atoms with van der Waals surface area (Å²) in [6, 6.07) is 12.5. The molecule has 0 aliphatic carbocycles. The molecule has 29 heavy (non-hydrogen) atoms. The summed E-state index contributed by atoms with van der Waals surface area (Å²) in [7, 11) is 0. The third-order valence-electron chi connectivity index (χ3n) is 3.85. The normalized spacial score (nSPS) is 11.2. The maximum atomic E-state index is 13.0. The number of benzene rings is 2. The lowest BCUT2D eigenvalue weighted by Gasteiger charge is -2.10. The summed E-state index contributed by atoms with van der Waals surface area (Å²) in [5, 5.41) is 4.78. The molecule has 0 spiro atoms. The molecule has 150 valence electrons. The van der Waals surface area contributed by atoms with Crippen molar-refractivity contribution in [1.29, 1.82) is 0 Å². The van der Waals surface area contributed by atoms with E-state index in [1.165, 1.54) is 25.1 Å². The number of carbonyl (C=O) groups excluding carboxylic acids is 2. The van der Waals surface area contributed by atoms with Gasteiger partial charge in [0.15, 0.2) is 5.76 Å². The molecule has 2 aromatic carbocycles. The molecule has 5 nitrogen and oxygen atoms in total. The van der Waals surface area contributed by atoms with Gasteiger partial charge in [0.1, 0.15) is 5.76 Å². The van der Waals surface area contributed by atoms with Gasteiger partial charge in [-0.3, -0.25) is 9.59 Å². The number of anilines is 2. The molecule has 0 radical (unpaired) electrons. The molecule has 0 aliphatic heterocycles. The van der Waals surface area contributed by atoms with Crippen molar-refractivity contribution in [1.82, 2.24) is 0 Å². The van der Waals surface area contributed by atoms with Crippen LogP contribution in [0.5, 0.6) is 0 Å². The van der Waals surface area contributed by atoms with Gasteiger partial charge in [0.25, 0.3) is 5.91 Å². The van der Waals surface area contributed by atoms with E-state index in [1.807, 2.05) is 0 Å². The lowest BCUT2D eigenvalue weighted by molar-refractivity contribution is -0.137. The van der Waals surface area contributed by atoms with Crippen LogP contribution in [0, 0.1) is 0 Å². The number of halogens is 4. The summed E-state index contributed by atoms with van der Waals surface area (Å²) < 4.78 is 44.5. The number of nitrogens with one attached hydrogen (secondary N) is 2. The Morgan fingerprint density at radius 1 is 0.931 bits per heavy atom. The summed E-state index contributed by atoms with van der Waals surface area (Å²) in [5.74, 6) is -0.776. The number of hydrogen-bond donors (Lipinski definition) is 2. The van der Waals surface area contributed by atoms with E-state index in [9.17, 15) is 22.8 Å². The lowest BCUT2D eigenvalue weighted by atomic mass is 10.1. The van der Waals surface area contributed by atoms with Crippen molar-refractivity contribution in [2.45, 2.75) is 13.1 Å². The first-order valence-electron chi connectivity index (χ1n) is 8.29. The van der Waals surface area contributed by atoms with E-state index in [0.29, 0.717) is 11.4 Å². The molecular weight excluding hydrogens is 409 g/mol. The van der Waals surface area contributed by atoms with Crippen LogP contribution in [0.15, 0.2) is 59.0 Å². The minimum absolute atomic E-state index is 0.0746. The Kier molecular flexibility index (Phi) is 5.65. The van der Waals surface area contributed by atoms with Gasteiger partial charge in [-0.05, 0) is 54.6 Å². The Hall–Kier alpha value is -3.26. The summed E-state index contributed by atoms with van der Waals surface area (Å²) in [5.41, 5.74) is 0.172. The van der Waals surface area contributed by atoms with E-state index >= 15 is 0 Å². The number of hydrogen-bond acceptors (Lipinski definition) is 3. The SMILES string of the molecule is CC(=O)Nc1ccc(NC(=O)c2ccc(-c3ccc(Cl)c(C(F)(F)F)c3)o2)cc1. The van der Waals surface area contributed by atoms with Gasteiger partial charge < -0.3 is 15.1 Å². The van der Waals surface area contributed by atoms with Gasteiger partial charge in [-0.2, -0.15) is 13.2 Å². The molecule has 0 aliphatic rings. The van der Waals surface area contributed by atoms with Crippen LogP contribution in [0.1, 0.15) is 23.0 Å². The first kappa shape index (κ1) is 20.5. The molecule has 0 saturated carbocycles. The largest absolute Gasteiger partial charge is 0.451 e. The number of carbonyl (C=O) groups is 2. The molecule has 2 amide bonds. The van der Waals surface area contributed by atoms with E-state index in [-0.39, 0.29) is 23.0 Å². The molecule has 0 fully saturated rings. The fourth-order valence-corrected chi connectivity index (χ4v) is 2.77. The highest BCUT2D eigenvalue weighted by Crippen LogP contribution is 2.37. The summed E-state index contributed by atoms with van der Waals surface area (Å²) >= 11 is 5.62. The first-order valence-corrected chi connectivity index (χ1v) is 8.67. The molecule has 1 aromatic heterocycles. The van der Waals surface area contributed by atoms with E-state index in [2.05, 4.69) is 10.6 Å². The van der Waals surface area contributed by atoms with Gasteiger partial charge in [0.2, 0.25) is 5.91 Å². The smallest absolute Gasteiger partial charge is 0.417 e. The van der Waals surface area contributed by atoms with Crippen molar-refractivity contribution in [2.24, 2.45) is 0 Å². The highest BCUT2D eigenvalue weighted by atomic mass is 35.5. The number of furan rings is 1. The average molecular weight is 423 g/mol. The second kappa shape index (κ2) is 8.00. The Balaban J connectivity index is 1.76. The Bertz CT molecular complexity index is 1060. The molecule has 3 aromatic rings. The van der Waals surface area contributed by atoms with Crippen molar-refractivity contribution >= 4 is 34.8 Å². The van der Waals surface area contributed by atoms with Crippen molar-refractivity contribution < 1.29 is 27.2 Å². The maximum absolute atomic E-state index is 13.0. The van der Waals surface area contributed by atoms with Crippen molar-refractivity contribution in [2.75, 3.05) is 10.6 Å². The van der Waals surface area contributed by atoms with Gasteiger partial charge in [0.05, 0.1) is 10.6 Å². The predicted molar refractivity (Wildman–Crippen MR) is 103 cm³/mol. The average Bonchev–Trinajstić information content (AvgIpc) is 3.12. The summed E-state index contributed by atoms with van der Waals surface area (Å²) in [6.07, 6.45) is -4.61. The highest BCUT2D eigenvalue weighted by molar-refractivity contribution is 6.31. The first-order chi connectivity index (χ1) is 13.6. The summed E-state index contributed by atoms with van der Waals surface area (Å²) in [4.78, 5) is 23.3. The molecule has 1 heterocycles. The van der Waals surface area contributed by atoms with E-state index in [0.717, 1.165) is 12.1 Å². The highest BCUT2D eigenvalue weighted by Gasteiger charge is 2.33. The van der Waals surface area contributed by atoms with Gasteiger partial charge in [-0.15, -0.1) is 0 Å². The maximum Gasteiger partial charge on any atom is 0.417 e. The minimum Gasteiger partial charge on any atom is -0.451 e. The van der Waals surface area contributed by atoms with Crippen molar-refractivity contribution in [3.05, 3.63) is 70.9 Å². The molecule has 3 rings (SSSR count). The van der Waals surface area contributed by atoms with Gasteiger partial charge in [0, 0.05) is 23.9 Å². The van der Waals surface area contributed by atoms with E-state index in [1.54, 1.807) is 24.3 Å². The third-order valence-corrected chi connectivity index (χ3v) is 4.18. The zero-order chi connectivity index (χ0) is 21.2. The van der Waals surface area contributed by atoms with Crippen LogP contribution >= 0.6 is 11.6 Å². The second-order valence-electron chi connectivity index (χ2n) is 6.07. The Morgan fingerprint density at radius 3 is 2.14 bits per heavy atom. The van der Waals surface area contributed by atoms with Crippen LogP contribution < -0.4 is 10.6 Å². The molecule has 0 unspecified atom stereocenters. The summed E-state index contributed by atoms with van der Waals surface area (Å²) in [6.45, 7) is 1.38.